The molecule has 0 aliphatic rings. The van der Waals surface area contributed by atoms with E-state index in [0.29, 0.717) is 17.4 Å². The van der Waals surface area contributed by atoms with Gasteiger partial charge in [-0.05, 0) is 37.1 Å². The van der Waals surface area contributed by atoms with Gasteiger partial charge in [-0.2, -0.15) is 0 Å². The zero-order valence-corrected chi connectivity index (χ0v) is 12.2. The second-order valence-electron chi connectivity index (χ2n) is 4.63. The summed E-state index contributed by atoms with van der Waals surface area (Å²) >= 11 is 6.18. The first-order valence-corrected chi connectivity index (χ1v) is 6.58. The maximum atomic E-state index is 9.13. The minimum absolute atomic E-state index is 0.0427. The summed E-state index contributed by atoms with van der Waals surface area (Å²) in [6.07, 6.45) is 0.630. The molecule has 0 aliphatic heterocycles. The highest BCUT2D eigenvalue weighted by molar-refractivity contribution is 6.30. The Morgan fingerprint density at radius 2 is 1.94 bits per heavy atom. The molecule has 0 bridgehead atoms. The molecule has 1 atom stereocenters. The van der Waals surface area contributed by atoms with Crippen LogP contribution in [0.15, 0.2) is 12.1 Å². The molecule has 0 aliphatic carbocycles. The predicted octanol–water partition coefficient (Wildman–Crippen LogP) is 3.11. The quantitative estimate of drug-likeness (QED) is 0.835. The Morgan fingerprint density at radius 3 is 2.39 bits per heavy atom. The lowest BCUT2D eigenvalue weighted by atomic mass is 9.94. The lowest BCUT2D eigenvalue weighted by Gasteiger charge is -2.22. The molecule has 0 saturated carbocycles. The fourth-order valence-corrected chi connectivity index (χ4v) is 2.38. The smallest absolute Gasteiger partial charge is 0.127 e. The maximum Gasteiger partial charge on any atom is 0.127 e. The van der Waals surface area contributed by atoms with Crippen molar-refractivity contribution in [1.29, 1.82) is 0 Å². The topological polar surface area (TPSA) is 41.5 Å². The van der Waals surface area contributed by atoms with Gasteiger partial charge in [-0.25, -0.2) is 0 Å². The monoisotopic (exact) mass is 271 g/mol. The number of rotatable bonds is 6. The van der Waals surface area contributed by atoms with Crippen molar-refractivity contribution in [2.24, 2.45) is 0 Å². The molecule has 2 N–H and O–H groups in total. The van der Waals surface area contributed by atoms with Crippen molar-refractivity contribution >= 4 is 11.6 Å². The standard InChI is InChI=1S/C14H22ClNO2/c1-9(2)11-7-10(15)8-12(14(11)18-4)13(16-3)5-6-17/h7-9,13,16-17H,5-6H2,1-4H3. The van der Waals surface area contributed by atoms with Gasteiger partial charge < -0.3 is 15.2 Å². The van der Waals surface area contributed by atoms with Gasteiger partial charge in [0.1, 0.15) is 5.75 Å². The zero-order chi connectivity index (χ0) is 13.7. The third-order valence-electron chi connectivity index (χ3n) is 3.08. The summed E-state index contributed by atoms with van der Waals surface area (Å²) < 4.78 is 5.54. The zero-order valence-electron chi connectivity index (χ0n) is 11.5. The van der Waals surface area contributed by atoms with Gasteiger partial charge in [-0.1, -0.05) is 25.4 Å². The normalized spacial score (nSPS) is 12.8. The van der Waals surface area contributed by atoms with Crippen LogP contribution in [0.2, 0.25) is 5.02 Å². The van der Waals surface area contributed by atoms with Gasteiger partial charge >= 0.3 is 0 Å². The Balaban J connectivity index is 3.31. The Morgan fingerprint density at radius 1 is 1.33 bits per heavy atom. The van der Waals surface area contributed by atoms with Gasteiger partial charge in [0.2, 0.25) is 0 Å². The summed E-state index contributed by atoms with van der Waals surface area (Å²) in [4.78, 5) is 0. The van der Waals surface area contributed by atoms with Crippen LogP contribution in [0.4, 0.5) is 0 Å². The molecule has 1 aromatic carbocycles. The van der Waals surface area contributed by atoms with Gasteiger partial charge in [0.25, 0.3) is 0 Å². The van der Waals surface area contributed by atoms with Gasteiger partial charge in [0.05, 0.1) is 7.11 Å². The summed E-state index contributed by atoms with van der Waals surface area (Å²) in [6, 6.07) is 3.89. The molecule has 1 aromatic rings. The molecule has 18 heavy (non-hydrogen) atoms. The number of halogens is 1. The average molecular weight is 272 g/mol. The lowest BCUT2D eigenvalue weighted by Crippen LogP contribution is -2.19. The SMILES string of the molecule is CNC(CCO)c1cc(Cl)cc(C(C)C)c1OC. The van der Waals surface area contributed by atoms with Crippen molar-refractivity contribution in [1.82, 2.24) is 5.32 Å². The van der Waals surface area contributed by atoms with E-state index in [1.165, 1.54) is 0 Å². The first-order chi connectivity index (χ1) is 8.54. The largest absolute Gasteiger partial charge is 0.496 e. The molecule has 3 nitrogen and oxygen atoms in total. The predicted molar refractivity (Wildman–Crippen MR) is 75.6 cm³/mol. The first-order valence-electron chi connectivity index (χ1n) is 6.20. The minimum Gasteiger partial charge on any atom is -0.496 e. The molecule has 0 spiro atoms. The van der Waals surface area contributed by atoms with E-state index in [4.69, 9.17) is 21.4 Å². The number of nitrogens with one attached hydrogen (secondary N) is 1. The van der Waals surface area contributed by atoms with Crippen LogP contribution >= 0.6 is 11.6 Å². The highest BCUT2D eigenvalue weighted by atomic mass is 35.5. The molecule has 1 unspecified atom stereocenters. The van der Waals surface area contributed by atoms with Crippen LogP contribution in [-0.4, -0.2) is 25.9 Å². The highest BCUT2D eigenvalue weighted by Crippen LogP contribution is 2.37. The van der Waals surface area contributed by atoms with Gasteiger partial charge in [0.15, 0.2) is 0 Å². The number of hydrogen-bond acceptors (Lipinski definition) is 3. The fourth-order valence-electron chi connectivity index (χ4n) is 2.14. The lowest BCUT2D eigenvalue weighted by molar-refractivity contribution is 0.266. The minimum atomic E-state index is 0.0427. The van der Waals surface area contributed by atoms with E-state index in [1.54, 1.807) is 7.11 Å². The molecule has 0 aromatic heterocycles. The van der Waals surface area contributed by atoms with E-state index in [1.807, 2.05) is 19.2 Å². The molecule has 4 heteroatoms. The fraction of sp³-hybridized carbons (Fsp3) is 0.571. The number of aliphatic hydroxyl groups is 1. The van der Waals surface area contributed by atoms with Gasteiger partial charge in [-0.15, -0.1) is 0 Å². The molecule has 102 valence electrons. The molecule has 0 radical (unpaired) electrons. The van der Waals surface area contributed by atoms with E-state index < -0.39 is 0 Å². The molecule has 0 fully saturated rings. The summed E-state index contributed by atoms with van der Waals surface area (Å²) in [5.41, 5.74) is 2.10. The third kappa shape index (κ3) is 3.37. The van der Waals surface area contributed by atoms with Crippen molar-refractivity contribution in [2.45, 2.75) is 32.2 Å². The Kier molecular flexibility index (Phi) is 5.93. The molecular weight excluding hydrogens is 250 g/mol. The van der Waals surface area contributed by atoms with Gasteiger partial charge in [-0.3, -0.25) is 0 Å². The summed E-state index contributed by atoms with van der Waals surface area (Å²) in [7, 11) is 3.54. The molecule has 0 amide bonds. The summed E-state index contributed by atoms with van der Waals surface area (Å²) in [6.45, 7) is 4.34. The summed E-state index contributed by atoms with van der Waals surface area (Å²) in [5.74, 6) is 1.20. The number of hydrogen-bond donors (Lipinski definition) is 2. The van der Waals surface area contributed by atoms with Crippen LogP contribution in [0.1, 0.15) is 43.4 Å². The van der Waals surface area contributed by atoms with Crippen LogP contribution in [0.5, 0.6) is 5.75 Å². The van der Waals surface area contributed by atoms with Crippen LogP contribution in [0, 0.1) is 0 Å². The van der Waals surface area contributed by atoms with Crippen LogP contribution in [-0.2, 0) is 0 Å². The van der Waals surface area contributed by atoms with Crippen LogP contribution in [0.25, 0.3) is 0 Å². The van der Waals surface area contributed by atoms with Crippen LogP contribution < -0.4 is 10.1 Å². The van der Waals surface area contributed by atoms with E-state index in [-0.39, 0.29) is 12.6 Å². The highest BCUT2D eigenvalue weighted by Gasteiger charge is 2.19. The Bertz CT molecular complexity index is 394. The molecule has 0 saturated heterocycles. The van der Waals surface area contributed by atoms with Gasteiger partial charge in [0, 0.05) is 23.2 Å². The average Bonchev–Trinajstić information content (AvgIpc) is 2.34. The number of aliphatic hydroxyl groups excluding tert-OH is 1. The van der Waals surface area contributed by atoms with E-state index in [2.05, 4.69) is 19.2 Å². The van der Waals surface area contributed by atoms with Crippen LogP contribution in [0.3, 0.4) is 0 Å². The molecule has 0 heterocycles. The first kappa shape index (κ1) is 15.3. The third-order valence-corrected chi connectivity index (χ3v) is 3.30. The second-order valence-corrected chi connectivity index (χ2v) is 5.06. The molecular formula is C14H22ClNO2. The van der Waals surface area contributed by atoms with Crippen molar-refractivity contribution in [2.75, 3.05) is 20.8 Å². The number of benzene rings is 1. The molecule has 1 rings (SSSR count). The van der Waals surface area contributed by atoms with Crippen molar-refractivity contribution in [3.63, 3.8) is 0 Å². The number of methoxy groups -OCH3 is 1. The summed E-state index contributed by atoms with van der Waals surface area (Å²) in [5, 5.41) is 13.0. The maximum absolute atomic E-state index is 9.13. The van der Waals surface area contributed by atoms with Crippen molar-refractivity contribution in [3.05, 3.63) is 28.3 Å². The Labute approximate surface area is 114 Å². The second kappa shape index (κ2) is 6.98. The Hall–Kier alpha value is -0.770. The van der Waals surface area contributed by atoms with E-state index in [9.17, 15) is 0 Å². The number of ether oxygens (including phenoxy) is 1. The van der Waals surface area contributed by atoms with Crippen molar-refractivity contribution < 1.29 is 9.84 Å². The van der Waals surface area contributed by atoms with Crippen molar-refractivity contribution in [3.8, 4) is 5.75 Å². The van der Waals surface area contributed by atoms with E-state index in [0.717, 1.165) is 16.9 Å². The van der Waals surface area contributed by atoms with E-state index >= 15 is 0 Å².